The molecule has 0 bridgehead atoms. The number of benzene rings is 1. The van der Waals surface area contributed by atoms with Crippen LogP contribution in [0.1, 0.15) is 13.3 Å². The first-order valence-corrected chi connectivity index (χ1v) is 4.78. The number of aliphatic hydroxyl groups is 1. The van der Waals surface area contributed by atoms with Gasteiger partial charge in [-0.05, 0) is 12.1 Å². The molecule has 0 radical (unpaired) electrons. The fourth-order valence-corrected chi connectivity index (χ4v) is 1.05. The Morgan fingerprint density at radius 2 is 2.06 bits per heavy atom. The largest absolute Gasteiger partial charge is 0.511 e. The molecule has 0 heterocycles. The number of esters is 1. The highest BCUT2D eigenvalue weighted by Crippen LogP contribution is 2.13. The van der Waals surface area contributed by atoms with Gasteiger partial charge in [0.05, 0.1) is 0 Å². The third-order valence-electron chi connectivity index (χ3n) is 1.89. The third kappa shape index (κ3) is 2.85. The number of aliphatic hydroxyl groups excluding tert-OH is 1. The number of nitrogens with zero attached hydrogens (tertiary/aromatic N) is 1. The van der Waals surface area contributed by atoms with Gasteiger partial charge in [0.25, 0.3) is 0 Å². The summed E-state index contributed by atoms with van der Waals surface area (Å²) in [5, 5.41) is 18.0. The molecule has 82 valence electrons. The number of carbonyl (C=O) groups is 1. The third-order valence-corrected chi connectivity index (χ3v) is 1.89. The lowest BCUT2D eigenvalue weighted by Crippen LogP contribution is -2.12. The first-order valence-electron chi connectivity index (χ1n) is 4.78. The Morgan fingerprint density at radius 1 is 1.44 bits per heavy atom. The lowest BCUT2D eigenvalue weighted by molar-refractivity contribution is -0.129. The Bertz CT molecular complexity index is 443. The smallest absolute Gasteiger partial charge is 0.357 e. The molecule has 1 aromatic carbocycles. The van der Waals surface area contributed by atoms with E-state index in [0.29, 0.717) is 5.75 Å². The van der Waals surface area contributed by atoms with Crippen LogP contribution in [0.4, 0.5) is 0 Å². The number of allylic oxidation sites excluding steroid dienone is 1. The van der Waals surface area contributed by atoms with Gasteiger partial charge in [0.2, 0.25) is 0 Å². The maximum Gasteiger partial charge on any atom is 0.357 e. The molecular formula is C12H11NO3. The van der Waals surface area contributed by atoms with Crippen molar-refractivity contribution < 1.29 is 14.6 Å². The van der Waals surface area contributed by atoms with E-state index in [2.05, 4.69) is 0 Å². The molecule has 0 amide bonds. The minimum Gasteiger partial charge on any atom is -0.511 e. The SMILES string of the molecule is CC/C(O)=C(/C#N)C(=O)Oc1ccccc1. The van der Waals surface area contributed by atoms with Gasteiger partial charge in [-0.2, -0.15) is 5.26 Å². The van der Waals surface area contributed by atoms with Crippen molar-refractivity contribution in [2.24, 2.45) is 0 Å². The molecule has 0 aliphatic heterocycles. The maximum absolute atomic E-state index is 11.5. The van der Waals surface area contributed by atoms with E-state index in [1.807, 2.05) is 0 Å². The molecule has 1 rings (SSSR count). The minimum absolute atomic E-state index is 0.215. The number of para-hydroxylation sites is 1. The van der Waals surface area contributed by atoms with E-state index in [1.165, 1.54) is 0 Å². The minimum atomic E-state index is -0.840. The van der Waals surface area contributed by atoms with Crippen molar-refractivity contribution in [3.8, 4) is 11.8 Å². The number of carbonyl (C=O) groups excluding carboxylic acids is 1. The first-order chi connectivity index (χ1) is 7.69. The zero-order valence-electron chi connectivity index (χ0n) is 8.80. The van der Waals surface area contributed by atoms with Gasteiger partial charge in [-0.25, -0.2) is 4.79 Å². The summed E-state index contributed by atoms with van der Waals surface area (Å²) >= 11 is 0. The number of ether oxygens (including phenoxy) is 1. The van der Waals surface area contributed by atoms with Crippen LogP contribution in [0, 0.1) is 11.3 Å². The van der Waals surface area contributed by atoms with E-state index in [-0.39, 0.29) is 17.8 Å². The quantitative estimate of drug-likeness (QED) is 0.277. The lowest BCUT2D eigenvalue weighted by atomic mass is 10.2. The zero-order chi connectivity index (χ0) is 12.0. The van der Waals surface area contributed by atoms with Crippen LogP contribution in [-0.2, 0) is 4.79 Å². The monoisotopic (exact) mass is 217 g/mol. The number of hydrogen-bond acceptors (Lipinski definition) is 4. The summed E-state index contributed by atoms with van der Waals surface area (Å²) in [4.78, 5) is 11.5. The molecule has 1 aromatic rings. The summed E-state index contributed by atoms with van der Waals surface area (Å²) in [7, 11) is 0. The van der Waals surface area contributed by atoms with Crippen molar-refractivity contribution in [3.05, 3.63) is 41.7 Å². The van der Waals surface area contributed by atoms with Crippen LogP contribution in [0.5, 0.6) is 5.75 Å². The maximum atomic E-state index is 11.5. The molecular weight excluding hydrogens is 206 g/mol. The van der Waals surface area contributed by atoms with Gasteiger partial charge >= 0.3 is 5.97 Å². The highest BCUT2D eigenvalue weighted by Gasteiger charge is 2.16. The Morgan fingerprint density at radius 3 is 2.56 bits per heavy atom. The summed E-state index contributed by atoms with van der Waals surface area (Å²) < 4.78 is 4.91. The van der Waals surface area contributed by atoms with Gasteiger partial charge in [-0.3, -0.25) is 0 Å². The number of hydrogen-bond donors (Lipinski definition) is 1. The summed E-state index contributed by atoms with van der Waals surface area (Å²) in [5.41, 5.74) is -0.355. The van der Waals surface area contributed by atoms with Gasteiger partial charge in [-0.15, -0.1) is 0 Å². The molecule has 1 N–H and O–H groups in total. The lowest BCUT2D eigenvalue weighted by Gasteiger charge is -2.03. The average Bonchev–Trinajstić information content (AvgIpc) is 2.31. The van der Waals surface area contributed by atoms with E-state index in [1.54, 1.807) is 43.3 Å². The van der Waals surface area contributed by atoms with Gasteiger partial charge < -0.3 is 9.84 Å². The van der Waals surface area contributed by atoms with Crippen molar-refractivity contribution in [3.63, 3.8) is 0 Å². The Labute approximate surface area is 93.4 Å². The van der Waals surface area contributed by atoms with Crippen LogP contribution in [-0.4, -0.2) is 11.1 Å². The predicted molar refractivity (Wildman–Crippen MR) is 57.6 cm³/mol. The van der Waals surface area contributed by atoms with E-state index in [9.17, 15) is 9.90 Å². The van der Waals surface area contributed by atoms with Crippen LogP contribution in [0.25, 0.3) is 0 Å². The fraction of sp³-hybridized carbons (Fsp3) is 0.167. The van der Waals surface area contributed by atoms with Crippen molar-refractivity contribution in [1.82, 2.24) is 0 Å². The first kappa shape index (κ1) is 11.8. The van der Waals surface area contributed by atoms with E-state index in [0.717, 1.165) is 0 Å². The number of rotatable bonds is 3. The topological polar surface area (TPSA) is 70.3 Å². The van der Waals surface area contributed by atoms with Crippen LogP contribution in [0.3, 0.4) is 0 Å². The molecule has 4 nitrogen and oxygen atoms in total. The molecule has 0 atom stereocenters. The predicted octanol–water partition coefficient (Wildman–Crippen LogP) is 2.34. The molecule has 0 saturated heterocycles. The van der Waals surface area contributed by atoms with Gasteiger partial charge in [0, 0.05) is 6.42 Å². The van der Waals surface area contributed by atoms with Crippen LogP contribution < -0.4 is 4.74 Å². The fourth-order valence-electron chi connectivity index (χ4n) is 1.05. The Kier molecular flexibility index (Phi) is 4.10. The number of nitriles is 1. The van der Waals surface area contributed by atoms with Crippen LogP contribution in [0.15, 0.2) is 41.7 Å². The molecule has 0 saturated carbocycles. The molecule has 0 aromatic heterocycles. The summed E-state index contributed by atoms with van der Waals surface area (Å²) in [6.45, 7) is 1.64. The van der Waals surface area contributed by atoms with Crippen molar-refractivity contribution in [2.75, 3.05) is 0 Å². The molecule has 0 fully saturated rings. The Balaban J connectivity index is 2.85. The van der Waals surface area contributed by atoms with Crippen molar-refractivity contribution >= 4 is 5.97 Å². The van der Waals surface area contributed by atoms with E-state index < -0.39 is 5.97 Å². The highest BCUT2D eigenvalue weighted by atomic mass is 16.5. The average molecular weight is 217 g/mol. The molecule has 0 spiro atoms. The van der Waals surface area contributed by atoms with Gasteiger partial charge in [0.1, 0.15) is 17.6 Å². The zero-order valence-corrected chi connectivity index (χ0v) is 8.80. The van der Waals surface area contributed by atoms with Crippen LogP contribution >= 0.6 is 0 Å². The van der Waals surface area contributed by atoms with Crippen molar-refractivity contribution in [1.29, 1.82) is 5.26 Å². The Hall–Kier alpha value is -2.28. The van der Waals surface area contributed by atoms with Gasteiger partial charge in [0.15, 0.2) is 5.57 Å². The molecule has 0 aliphatic carbocycles. The normalized spacial score (nSPS) is 11.2. The summed E-state index contributed by atoms with van der Waals surface area (Å²) in [6.07, 6.45) is 0.215. The second-order valence-corrected chi connectivity index (χ2v) is 2.99. The van der Waals surface area contributed by atoms with E-state index in [4.69, 9.17) is 10.00 Å². The van der Waals surface area contributed by atoms with E-state index >= 15 is 0 Å². The second-order valence-electron chi connectivity index (χ2n) is 2.99. The summed E-state index contributed by atoms with van der Waals surface area (Å²) in [5.74, 6) is -0.763. The molecule has 0 unspecified atom stereocenters. The second kappa shape index (κ2) is 5.56. The molecule has 0 aliphatic rings. The molecule has 16 heavy (non-hydrogen) atoms. The summed E-state index contributed by atoms with van der Waals surface area (Å²) in [6, 6.07) is 10.0. The van der Waals surface area contributed by atoms with Crippen LogP contribution in [0.2, 0.25) is 0 Å². The van der Waals surface area contributed by atoms with Gasteiger partial charge in [-0.1, -0.05) is 25.1 Å². The highest BCUT2D eigenvalue weighted by molar-refractivity contribution is 5.94. The van der Waals surface area contributed by atoms with Crippen molar-refractivity contribution in [2.45, 2.75) is 13.3 Å². The molecule has 4 heteroatoms. The standard InChI is InChI=1S/C12H11NO3/c1-2-11(14)10(8-13)12(15)16-9-6-4-3-5-7-9/h3-7,14H,2H2,1H3/b11-10+.